The minimum absolute atomic E-state index is 0. The van der Waals surface area contributed by atoms with Gasteiger partial charge < -0.3 is 25.3 Å². The first-order valence-corrected chi connectivity index (χ1v) is 11.4. The van der Waals surface area contributed by atoms with Crippen LogP contribution in [0.25, 0.3) is 0 Å². The molecule has 1 aliphatic rings. The van der Waals surface area contributed by atoms with Crippen molar-refractivity contribution >= 4 is 47.2 Å². The highest BCUT2D eigenvalue weighted by Gasteiger charge is 2.14. The fourth-order valence-corrected chi connectivity index (χ4v) is 3.94. The Labute approximate surface area is 218 Å². The molecule has 0 spiro atoms. The van der Waals surface area contributed by atoms with Gasteiger partial charge in [-0.25, -0.2) is 0 Å². The van der Waals surface area contributed by atoms with Crippen LogP contribution in [0.1, 0.15) is 47.5 Å². The Kier molecular flexibility index (Phi) is 9.38. The highest BCUT2D eigenvalue weighted by atomic mass is 127. The smallest absolute Gasteiger partial charge is 0.291 e. The minimum atomic E-state index is -0.265. The molecular formula is C26H32IN5O2. The molecule has 3 N–H and O–H groups in total. The average Bonchev–Trinajstić information content (AvgIpc) is 3.57. The van der Waals surface area contributed by atoms with Crippen LogP contribution in [-0.4, -0.2) is 32.0 Å². The molecule has 8 heteroatoms. The summed E-state index contributed by atoms with van der Waals surface area (Å²) in [4.78, 5) is 18.9. The zero-order valence-electron chi connectivity index (χ0n) is 19.6. The number of carbonyl (C=O) groups is 1. The van der Waals surface area contributed by atoms with E-state index >= 15 is 0 Å². The highest BCUT2D eigenvalue weighted by Crippen LogP contribution is 2.24. The predicted octanol–water partition coefficient (Wildman–Crippen LogP) is 5.18. The van der Waals surface area contributed by atoms with Crippen molar-refractivity contribution in [3.8, 4) is 0 Å². The standard InChI is InChI=1S/C26H31N5O2.HI/c1-19(21-7-5-8-23(17-21)31-14-3-4-15-31)29-26(27-2)28-18-20-10-12-22(13-11-20)30-25(32)24-9-6-16-33-24;/h5-13,16-17,19H,3-4,14-15,18H2,1-2H3,(H,30,32)(H2,27,28,29);1H. The summed E-state index contributed by atoms with van der Waals surface area (Å²) in [6.07, 6.45) is 4.02. The molecule has 0 saturated carbocycles. The summed E-state index contributed by atoms with van der Waals surface area (Å²) in [5, 5.41) is 9.67. The number of hydrogen-bond acceptors (Lipinski definition) is 4. The fraction of sp³-hybridized carbons (Fsp3) is 0.308. The Morgan fingerprint density at radius 1 is 1.09 bits per heavy atom. The number of amides is 1. The fourth-order valence-electron chi connectivity index (χ4n) is 3.94. The third-order valence-corrected chi connectivity index (χ3v) is 5.83. The summed E-state index contributed by atoms with van der Waals surface area (Å²) in [7, 11) is 1.77. The lowest BCUT2D eigenvalue weighted by Crippen LogP contribution is -2.38. The molecule has 3 aromatic rings. The first-order valence-electron chi connectivity index (χ1n) is 11.4. The van der Waals surface area contributed by atoms with Crippen LogP contribution in [0.5, 0.6) is 0 Å². The van der Waals surface area contributed by atoms with E-state index in [1.165, 1.54) is 30.4 Å². The number of aliphatic imine (C=N–C) groups is 1. The van der Waals surface area contributed by atoms with Crippen LogP contribution in [0.15, 0.2) is 76.3 Å². The Morgan fingerprint density at radius 3 is 2.53 bits per heavy atom. The topological polar surface area (TPSA) is 81.9 Å². The van der Waals surface area contributed by atoms with E-state index in [9.17, 15) is 4.79 Å². The first kappa shape index (κ1) is 25.6. The summed E-state index contributed by atoms with van der Waals surface area (Å²) in [5.41, 5.74) is 4.33. The number of carbonyl (C=O) groups excluding carboxylic acids is 1. The molecule has 0 bridgehead atoms. The van der Waals surface area contributed by atoms with E-state index in [1.807, 2.05) is 24.3 Å². The maximum atomic E-state index is 12.1. The van der Waals surface area contributed by atoms with Crippen molar-refractivity contribution in [1.29, 1.82) is 0 Å². The van der Waals surface area contributed by atoms with Crippen LogP contribution in [0.4, 0.5) is 11.4 Å². The summed E-state index contributed by atoms with van der Waals surface area (Å²) in [6.45, 7) is 5.04. The van der Waals surface area contributed by atoms with Crippen molar-refractivity contribution in [2.45, 2.75) is 32.4 Å². The van der Waals surface area contributed by atoms with Crippen molar-refractivity contribution < 1.29 is 9.21 Å². The molecule has 1 fully saturated rings. The van der Waals surface area contributed by atoms with Gasteiger partial charge >= 0.3 is 0 Å². The number of halogens is 1. The largest absolute Gasteiger partial charge is 0.459 e. The summed E-state index contributed by atoms with van der Waals surface area (Å²) >= 11 is 0. The van der Waals surface area contributed by atoms with Crippen molar-refractivity contribution in [2.75, 3.05) is 30.4 Å². The molecule has 1 aromatic heterocycles. The second-order valence-corrected chi connectivity index (χ2v) is 8.21. The van der Waals surface area contributed by atoms with Gasteiger partial charge in [0.2, 0.25) is 0 Å². The Balaban J connectivity index is 0.00000324. The van der Waals surface area contributed by atoms with Crippen molar-refractivity contribution in [3.05, 3.63) is 83.8 Å². The number of nitrogens with one attached hydrogen (secondary N) is 3. The normalized spacial score (nSPS) is 14.3. The molecule has 2 aromatic carbocycles. The Hall–Kier alpha value is -3.01. The Morgan fingerprint density at radius 2 is 1.85 bits per heavy atom. The second kappa shape index (κ2) is 12.5. The molecule has 2 heterocycles. The molecule has 34 heavy (non-hydrogen) atoms. The van der Waals surface area contributed by atoms with E-state index in [2.05, 4.69) is 57.0 Å². The van der Waals surface area contributed by atoms with Crippen LogP contribution in [-0.2, 0) is 6.54 Å². The minimum Gasteiger partial charge on any atom is -0.459 e. The number of guanidine groups is 1. The zero-order chi connectivity index (χ0) is 23.0. The molecular weight excluding hydrogens is 541 g/mol. The molecule has 0 aliphatic carbocycles. The molecule has 4 rings (SSSR count). The van der Waals surface area contributed by atoms with Gasteiger partial charge in [-0.3, -0.25) is 9.79 Å². The molecule has 1 saturated heterocycles. The maximum absolute atomic E-state index is 12.1. The number of nitrogens with zero attached hydrogens (tertiary/aromatic N) is 2. The zero-order valence-corrected chi connectivity index (χ0v) is 21.9. The second-order valence-electron chi connectivity index (χ2n) is 8.21. The number of benzene rings is 2. The van der Waals surface area contributed by atoms with Gasteiger partial charge in [-0.15, -0.1) is 24.0 Å². The van der Waals surface area contributed by atoms with Gasteiger partial charge in [0, 0.05) is 38.1 Å². The summed E-state index contributed by atoms with van der Waals surface area (Å²) in [5.74, 6) is 0.762. The lowest BCUT2D eigenvalue weighted by Gasteiger charge is -2.22. The lowest BCUT2D eigenvalue weighted by atomic mass is 10.1. The van der Waals surface area contributed by atoms with Gasteiger partial charge in [-0.1, -0.05) is 24.3 Å². The van der Waals surface area contributed by atoms with Crippen LogP contribution in [0, 0.1) is 0 Å². The van der Waals surface area contributed by atoms with E-state index < -0.39 is 0 Å². The number of anilines is 2. The molecule has 1 aliphatic heterocycles. The molecule has 1 amide bonds. The van der Waals surface area contributed by atoms with Gasteiger partial charge in [-0.2, -0.15) is 0 Å². The average molecular weight is 573 g/mol. The molecule has 180 valence electrons. The number of rotatable bonds is 7. The van der Waals surface area contributed by atoms with Crippen LogP contribution >= 0.6 is 24.0 Å². The van der Waals surface area contributed by atoms with Gasteiger partial charge in [0.05, 0.1) is 12.3 Å². The van der Waals surface area contributed by atoms with E-state index in [4.69, 9.17) is 4.42 Å². The monoisotopic (exact) mass is 573 g/mol. The van der Waals surface area contributed by atoms with Crippen LogP contribution in [0.3, 0.4) is 0 Å². The van der Waals surface area contributed by atoms with Gasteiger partial charge in [0.15, 0.2) is 11.7 Å². The van der Waals surface area contributed by atoms with Crippen molar-refractivity contribution in [2.24, 2.45) is 4.99 Å². The van der Waals surface area contributed by atoms with Gasteiger partial charge in [-0.05, 0) is 67.3 Å². The summed E-state index contributed by atoms with van der Waals surface area (Å²) < 4.78 is 5.12. The third kappa shape index (κ3) is 6.75. The highest BCUT2D eigenvalue weighted by molar-refractivity contribution is 14.0. The molecule has 1 atom stereocenters. The van der Waals surface area contributed by atoms with E-state index in [1.54, 1.807) is 19.2 Å². The van der Waals surface area contributed by atoms with Gasteiger partial charge in [0.1, 0.15) is 0 Å². The van der Waals surface area contributed by atoms with Crippen LogP contribution in [0.2, 0.25) is 0 Å². The third-order valence-electron chi connectivity index (χ3n) is 5.83. The van der Waals surface area contributed by atoms with Crippen molar-refractivity contribution in [3.63, 3.8) is 0 Å². The Bertz CT molecular complexity index is 1080. The van der Waals surface area contributed by atoms with Crippen LogP contribution < -0.4 is 20.9 Å². The van der Waals surface area contributed by atoms with E-state index in [-0.39, 0.29) is 41.7 Å². The van der Waals surface area contributed by atoms with E-state index in [0.29, 0.717) is 12.2 Å². The summed E-state index contributed by atoms with van der Waals surface area (Å²) in [6, 6.07) is 19.9. The van der Waals surface area contributed by atoms with Crippen molar-refractivity contribution in [1.82, 2.24) is 10.6 Å². The molecule has 0 radical (unpaired) electrons. The predicted molar refractivity (Wildman–Crippen MR) is 148 cm³/mol. The number of furan rings is 1. The number of hydrogen-bond donors (Lipinski definition) is 3. The molecule has 1 unspecified atom stereocenters. The van der Waals surface area contributed by atoms with Gasteiger partial charge in [0.25, 0.3) is 5.91 Å². The SMILES string of the molecule is CN=C(NCc1ccc(NC(=O)c2ccco2)cc1)NC(C)c1cccc(N2CCCC2)c1.I. The molecule has 7 nitrogen and oxygen atoms in total. The lowest BCUT2D eigenvalue weighted by molar-refractivity contribution is 0.0996. The quantitative estimate of drug-likeness (QED) is 0.206. The first-order chi connectivity index (χ1) is 16.1. The van der Waals surface area contributed by atoms with E-state index in [0.717, 1.165) is 24.6 Å². The maximum Gasteiger partial charge on any atom is 0.291 e.